The number of nitrogens with zero attached hydrogens (tertiary/aromatic N) is 2. The predicted molar refractivity (Wildman–Crippen MR) is 63.7 cm³/mol. The average Bonchev–Trinajstić information content (AvgIpc) is 2.79. The normalized spacial score (nSPS) is 11.6. The molecule has 0 bridgehead atoms. The molecule has 2 rings (SSSR count). The smallest absolute Gasteiger partial charge is 0.435 e. The Morgan fingerprint density at radius 3 is 2.63 bits per heavy atom. The highest BCUT2D eigenvalue weighted by atomic mass is 19.4. The standard InChI is InChI=1S/C12H12F3N3O/c1-19-10-6-9(16)3-2-8(10)7-18-5-4-11(17-18)12(13,14)15/h2-6H,7,16H2,1H3. The van der Waals surface area contributed by atoms with Gasteiger partial charge in [-0.3, -0.25) is 4.68 Å². The maximum atomic E-state index is 12.4. The van der Waals surface area contributed by atoms with Gasteiger partial charge in [-0.25, -0.2) is 0 Å². The van der Waals surface area contributed by atoms with Gasteiger partial charge >= 0.3 is 6.18 Å². The van der Waals surface area contributed by atoms with Gasteiger partial charge in [0.05, 0.1) is 13.7 Å². The van der Waals surface area contributed by atoms with E-state index in [4.69, 9.17) is 10.5 Å². The van der Waals surface area contributed by atoms with E-state index in [2.05, 4.69) is 5.10 Å². The van der Waals surface area contributed by atoms with Gasteiger partial charge < -0.3 is 10.5 Å². The van der Waals surface area contributed by atoms with Crippen LogP contribution in [-0.2, 0) is 12.7 Å². The first-order valence-corrected chi connectivity index (χ1v) is 5.43. The van der Waals surface area contributed by atoms with Crippen molar-refractivity contribution in [2.45, 2.75) is 12.7 Å². The molecule has 0 atom stereocenters. The first kappa shape index (κ1) is 13.3. The van der Waals surface area contributed by atoms with Gasteiger partial charge in [0.1, 0.15) is 5.75 Å². The Balaban J connectivity index is 2.24. The number of alkyl halides is 3. The van der Waals surface area contributed by atoms with Crippen molar-refractivity contribution in [3.63, 3.8) is 0 Å². The van der Waals surface area contributed by atoms with Crippen LogP contribution in [0, 0.1) is 0 Å². The van der Waals surface area contributed by atoms with Crippen LogP contribution < -0.4 is 10.5 Å². The summed E-state index contributed by atoms with van der Waals surface area (Å²) >= 11 is 0. The Labute approximate surface area is 107 Å². The summed E-state index contributed by atoms with van der Waals surface area (Å²) < 4.78 is 43.6. The summed E-state index contributed by atoms with van der Waals surface area (Å²) in [6, 6.07) is 5.91. The number of nitrogen functional groups attached to an aromatic ring is 1. The van der Waals surface area contributed by atoms with Crippen molar-refractivity contribution >= 4 is 5.69 Å². The maximum Gasteiger partial charge on any atom is 0.435 e. The minimum Gasteiger partial charge on any atom is -0.496 e. The summed E-state index contributed by atoms with van der Waals surface area (Å²) in [5.41, 5.74) is 5.92. The number of hydrogen-bond acceptors (Lipinski definition) is 3. The van der Waals surface area contributed by atoms with Gasteiger partial charge in [0, 0.05) is 23.5 Å². The van der Waals surface area contributed by atoms with Crippen LogP contribution in [0.3, 0.4) is 0 Å². The van der Waals surface area contributed by atoms with Gasteiger partial charge in [-0.05, 0) is 12.1 Å². The minimum atomic E-state index is -4.43. The molecule has 0 spiro atoms. The lowest BCUT2D eigenvalue weighted by Crippen LogP contribution is -2.09. The van der Waals surface area contributed by atoms with E-state index in [1.54, 1.807) is 18.2 Å². The number of benzene rings is 1. The van der Waals surface area contributed by atoms with Crippen LogP contribution in [-0.4, -0.2) is 16.9 Å². The number of rotatable bonds is 3. The van der Waals surface area contributed by atoms with Crippen LogP contribution in [0.25, 0.3) is 0 Å². The molecule has 2 aromatic rings. The first-order chi connectivity index (χ1) is 8.90. The van der Waals surface area contributed by atoms with Gasteiger partial charge in [0.15, 0.2) is 5.69 Å². The third-order valence-corrected chi connectivity index (χ3v) is 2.57. The Bertz CT molecular complexity index is 578. The molecule has 1 heterocycles. The number of ether oxygens (including phenoxy) is 1. The lowest BCUT2D eigenvalue weighted by atomic mass is 10.2. The van der Waals surface area contributed by atoms with E-state index < -0.39 is 11.9 Å². The molecule has 0 amide bonds. The first-order valence-electron chi connectivity index (χ1n) is 5.43. The fraction of sp³-hybridized carbons (Fsp3) is 0.250. The van der Waals surface area contributed by atoms with Gasteiger partial charge in [-0.2, -0.15) is 18.3 Å². The summed E-state index contributed by atoms with van der Waals surface area (Å²) in [6.07, 6.45) is -3.16. The lowest BCUT2D eigenvalue weighted by Gasteiger charge is -2.09. The largest absolute Gasteiger partial charge is 0.496 e. The molecule has 7 heteroatoms. The number of hydrogen-bond donors (Lipinski definition) is 1. The highest BCUT2D eigenvalue weighted by Crippen LogP contribution is 2.28. The Hall–Kier alpha value is -2.18. The molecule has 0 aliphatic carbocycles. The molecule has 0 saturated carbocycles. The highest BCUT2D eigenvalue weighted by Gasteiger charge is 2.33. The van der Waals surface area contributed by atoms with E-state index in [0.29, 0.717) is 17.0 Å². The SMILES string of the molecule is COc1cc(N)ccc1Cn1ccc(C(F)(F)F)n1. The fourth-order valence-corrected chi connectivity index (χ4v) is 1.67. The van der Waals surface area contributed by atoms with Crippen molar-refractivity contribution in [1.82, 2.24) is 9.78 Å². The number of nitrogens with two attached hydrogens (primary N) is 1. The molecule has 1 aromatic heterocycles. The van der Waals surface area contributed by atoms with Crippen molar-refractivity contribution in [1.29, 1.82) is 0 Å². The van der Waals surface area contributed by atoms with Crippen molar-refractivity contribution in [2.24, 2.45) is 0 Å². The Kier molecular flexibility index (Phi) is 3.37. The molecule has 0 fully saturated rings. The predicted octanol–water partition coefficient (Wildman–Crippen LogP) is 2.54. The zero-order valence-electron chi connectivity index (χ0n) is 10.1. The molecule has 102 valence electrons. The summed E-state index contributed by atoms with van der Waals surface area (Å²) in [5, 5.41) is 3.48. The second kappa shape index (κ2) is 4.83. The van der Waals surface area contributed by atoms with E-state index in [0.717, 1.165) is 6.07 Å². The Morgan fingerprint density at radius 2 is 2.05 bits per heavy atom. The van der Waals surface area contributed by atoms with E-state index in [1.165, 1.54) is 18.0 Å². The minimum absolute atomic E-state index is 0.180. The third-order valence-electron chi connectivity index (χ3n) is 2.57. The molecule has 19 heavy (non-hydrogen) atoms. The Morgan fingerprint density at radius 1 is 1.32 bits per heavy atom. The molecule has 2 N–H and O–H groups in total. The van der Waals surface area contributed by atoms with Gasteiger partial charge in [0.2, 0.25) is 0 Å². The summed E-state index contributed by atoms with van der Waals surface area (Å²) in [4.78, 5) is 0. The van der Waals surface area contributed by atoms with Crippen LogP contribution in [0.15, 0.2) is 30.5 Å². The molecule has 4 nitrogen and oxygen atoms in total. The van der Waals surface area contributed by atoms with Crippen LogP contribution >= 0.6 is 0 Å². The van der Waals surface area contributed by atoms with E-state index >= 15 is 0 Å². The average molecular weight is 271 g/mol. The van der Waals surface area contributed by atoms with Gasteiger partial charge in [0.25, 0.3) is 0 Å². The quantitative estimate of drug-likeness (QED) is 0.873. The summed E-state index contributed by atoms with van der Waals surface area (Å²) in [7, 11) is 1.47. The van der Waals surface area contributed by atoms with E-state index in [1.807, 2.05) is 0 Å². The van der Waals surface area contributed by atoms with E-state index in [9.17, 15) is 13.2 Å². The second-order valence-electron chi connectivity index (χ2n) is 3.97. The molecule has 1 aromatic carbocycles. The van der Waals surface area contributed by atoms with E-state index in [-0.39, 0.29) is 6.54 Å². The van der Waals surface area contributed by atoms with Gasteiger partial charge in [-0.1, -0.05) is 6.07 Å². The van der Waals surface area contributed by atoms with Crippen LogP contribution in [0.1, 0.15) is 11.3 Å². The van der Waals surface area contributed by atoms with Crippen molar-refractivity contribution < 1.29 is 17.9 Å². The van der Waals surface area contributed by atoms with Crippen molar-refractivity contribution in [2.75, 3.05) is 12.8 Å². The summed E-state index contributed by atoms with van der Waals surface area (Å²) in [5.74, 6) is 0.518. The molecule has 0 radical (unpaired) electrons. The topological polar surface area (TPSA) is 53.1 Å². The van der Waals surface area contributed by atoms with Crippen LogP contribution in [0.2, 0.25) is 0 Å². The molecule has 0 aliphatic heterocycles. The van der Waals surface area contributed by atoms with Crippen LogP contribution in [0.5, 0.6) is 5.75 Å². The number of halogens is 3. The molecular weight excluding hydrogens is 259 g/mol. The summed E-state index contributed by atoms with van der Waals surface area (Å²) in [6.45, 7) is 0.180. The highest BCUT2D eigenvalue weighted by molar-refractivity contribution is 5.48. The fourth-order valence-electron chi connectivity index (χ4n) is 1.67. The number of anilines is 1. The van der Waals surface area contributed by atoms with Crippen molar-refractivity contribution in [3.05, 3.63) is 41.7 Å². The third kappa shape index (κ3) is 2.98. The van der Waals surface area contributed by atoms with Crippen LogP contribution in [0.4, 0.5) is 18.9 Å². The molecular formula is C12H12F3N3O. The maximum absolute atomic E-state index is 12.4. The number of methoxy groups -OCH3 is 1. The van der Waals surface area contributed by atoms with Crippen molar-refractivity contribution in [3.8, 4) is 5.75 Å². The lowest BCUT2D eigenvalue weighted by molar-refractivity contribution is -0.141. The number of aromatic nitrogens is 2. The van der Waals surface area contributed by atoms with Gasteiger partial charge in [-0.15, -0.1) is 0 Å². The molecule has 0 unspecified atom stereocenters. The zero-order chi connectivity index (χ0) is 14.0. The molecule has 0 saturated heterocycles. The molecule has 0 aliphatic rings. The zero-order valence-corrected chi connectivity index (χ0v) is 10.1. The second-order valence-corrected chi connectivity index (χ2v) is 3.97. The monoisotopic (exact) mass is 271 g/mol.